The molecule has 0 aliphatic carbocycles. The van der Waals surface area contributed by atoms with E-state index in [1.807, 2.05) is 23.7 Å². The number of hydrogen-bond donors (Lipinski definition) is 2. The van der Waals surface area contributed by atoms with Crippen LogP contribution in [-0.4, -0.2) is 9.78 Å². The molecule has 0 saturated heterocycles. The molecular formula is C14H22N4O. The first-order valence-corrected chi connectivity index (χ1v) is 6.76. The predicted octanol–water partition coefficient (Wildman–Crippen LogP) is 2.11. The third-order valence-electron chi connectivity index (χ3n) is 3.27. The number of rotatable bonds is 6. The SMILES string of the molecule is CCc1ccc(C(Cc2cc(C)nn2CC)NN)o1. The molecule has 0 bridgehead atoms. The summed E-state index contributed by atoms with van der Waals surface area (Å²) < 4.78 is 7.77. The summed E-state index contributed by atoms with van der Waals surface area (Å²) in [6.45, 7) is 7.02. The van der Waals surface area contributed by atoms with Crippen molar-refractivity contribution in [2.45, 2.75) is 46.2 Å². The number of nitrogens with one attached hydrogen (secondary N) is 1. The van der Waals surface area contributed by atoms with Gasteiger partial charge in [0.05, 0.1) is 11.7 Å². The Hall–Kier alpha value is -1.59. The number of furan rings is 1. The summed E-state index contributed by atoms with van der Waals surface area (Å²) >= 11 is 0. The van der Waals surface area contributed by atoms with Gasteiger partial charge in [0.15, 0.2) is 0 Å². The van der Waals surface area contributed by atoms with Gasteiger partial charge in [0, 0.05) is 25.1 Å². The average Bonchev–Trinajstić information content (AvgIpc) is 3.01. The smallest absolute Gasteiger partial charge is 0.122 e. The maximum atomic E-state index is 5.77. The average molecular weight is 262 g/mol. The van der Waals surface area contributed by atoms with Gasteiger partial charge in [-0.1, -0.05) is 6.92 Å². The Morgan fingerprint density at radius 3 is 2.79 bits per heavy atom. The minimum atomic E-state index is -0.0262. The quantitative estimate of drug-likeness (QED) is 0.618. The van der Waals surface area contributed by atoms with Crippen molar-refractivity contribution in [1.82, 2.24) is 15.2 Å². The number of aromatic nitrogens is 2. The fourth-order valence-electron chi connectivity index (χ4n) is 2.26. The van der Waals surface area contributed by atoms with E-state index >= 15 is 0 Å². The van der Waals surface area contributed by atoms with Crippen molar-refractivity contribution in [3.8, 4) is 0 Å². The van der Waals surface area contributed by atoms with Crippen molar-refractivity contribution in [3.63, 3.8) is 0 Å². The molecular weight excluding hydrogens is 240 g/mol. The molecule has 104 valence electrons. The number of hydrogen-bond acceptors (Lipinski definition) is 4. The van der Waals surface area contributed by atoms with E-state index in [0.29, 0.717) is 0 Å². The molecule has 5 nitrogen and oxygen atoms in total. The Kier molecular flexibility index (Phi) is 4.39. The molecule has 2 aromatic heterocycles. The number of hydrazine groups is 1. The van der Waals surface area contributed by atoms with Crippen LogP contribution in [0.4, 0.5) is 0 Å². The molecule has 19 heavy (non-hydrogen) atoms. The summed E-state index contributed by atoms with van der Waals surface area (Å²) in [5, 5.41) is 4.45. The van der Waals surface area contributed by atoms with Crippen LogP contribution in [0.3, 0.4) is 0 Å². The van der Waals surface area contributed by atoms with E-state index in [-0.39, 0.29) is 6.04 Å². The molecule has 2 heterocycles. The number of aryl methyl sites for hydroxylation is 3. The highest BCUT2D eigenvalue weighted by Gasteiger charge is 2.17. The van der Waals surface area contributed by atoms with Crippen molar-refractivity contribution in [2.24, 2.45) is 5.84 Å². The van der Waals surface area contributed by atoms with Gasteiger partial charge in [-0.25, -0.2) is 5.43 Å². The Labute approximate surface area is 113 Å². The van der Waals surface area contributed by atoms with Gasteiger partial charge in [-0.05, 0) is 32.0 Å². The number of nitrogens with zero attached hydrogens (tertiary/aromatic N) is 2. The first-order chi connectivity index (χ1) is 9.17. The Bertz CT molecular complexity index is 529. The third-order valence-corrected chi connectivity index (χ3v) is 3.27. The highest BCUT2D eigenvalue weighted by Crippen LogP contribution is 2.21. The zero-order chi connectivity index (χ0) is 13.8. The Morgan fingerprint density at radius 1 is 1.42 bits per heavy atom. The van der Waals surface area contributed by atoms with Crippen molar-refractivity contribution in [1.29, 1.82) is 0 Å². The molecule has 0 radical (unpaired) electrons. The van der Waals surface area contributed by atoms with Crippen LogP contribution in [0.1, 0.15) is 42.8 Å². The maximum absolute atomic E-state index is 5.77. The standard InChI is InChI=1S/C14H22N4O/c1-4-12-6-7-14(19-12)13(16-15)9-11-8-10(3)17-18(11)5-2/h6-8,13,16H,4-5,9,15H2,1-3H3. The summed E-state index contributed by atoms with van der Waals surface area (Å²) in [5.41, 5.74) is 5.02. The lowest BCUT2D eigenvalue weighted by molar-refractivity contribution is 0.390. The largest absolute Gasteiger partial charge is 0.464 e. The normalized spacial score (nSPS) is 12.8. The molecule has 2 aromatic rings. The summed E-state index contributed by atoms with van der Waals surface area (Å²) in [4.78, 5) is 0. The predicted molar refractivity (Wildman–Crippen MR) is 74.5 cm³/mol. The minimum Gasteiger partial charge on any atom is -0.464 e. The Balaban J connectivity index is 2.18. The zero-order valence-electron chi connectivity index (χ0n) is 11.8. The third kappa shape index (κ3) is 3.05. The molecule has 0 amide bonds. The molecule has 0 spiro atoms. The van der Waals surface area contributed by atoms with Crippen molar-refractivity contribution in [3.05, 3.63) is 41.1 Å². The van der Waals surface area contributed by atoms with Gasteiger partial charge in [0.2, 0.25) is 0 Å². The van der Waals surface area contributed by atoms with Crippen LogP contribution in [0.15, 0.2) is 22.6 Å². The molecule has 1 unspecified atom stereocenters. The maximum Gasteiger partial charge on any atom is 0.122 e. The first-order valence-electron chi connectivity index (χ1n) is 6.76. The number of nitrogens with two attached hydrogens (primary N) is 1. The molecule has 1 atom stereocenters. The fourth-order valence-corrected chi connectivity index (χ4v) is 2.26. The molecule has 5 heteroatoms. The highest BCUT2D eigenvalue weighted by molar-refractivity contribution is 5.16. The lowest BCUT2D eigenvalue weighted by Crippen LogP contribution is -2.30. The summed E-state index contributed by atoms with van der Waals surface area (Å²) in [6.07, 6.45) is 1.66. The van der Waals surface area contributed by atoms with E-state index in [0.717, 1.165) is 42.3 Å². The Morgan fingerprint density at radius 2 is 2.21 bits per heavy atom. The van der Waals surface area contributed by atoms with Gasteiger partial charge in [0.25, 0.3) is 0 Å². The molecule has 0 saturated carbocycles. The van der Waals surface area contributed by atoms with Gasteiger partial charge >= 0.3 is 0 Å². The van der Waals surface area contributed by atoms with Crippen LogP contribution in [0.2, 0.25) is 0 Å². The summed E-state index contributed by atoms with van der Waals surface area (Å²) in [7, 11) is 0. The van der Waals surface area contributed by atoms with Crippen LogP contribution in [-0.2, 0) is 19.4 Å². The van der Waals surface area contributed by atoms with Crippen molar-refractivity contribution >= 4 is 0 Å². The van der Waals surface area contributed by atoms with E-state index in [1.54, 1.807) is 0 Å². The second kappa shape index (κ2) is 6.04. The fraction of sp³-hybridized carbons (Fsp3) is 0.500. The molecule has 3 N–H and O–H groups in total. The van der Waals surface area contributed by atoms with E-state index in [2.05, 4.69) is 30.4 Å². The van der Waals surface area contributed by atoms with E-state index in [1.165, 1.54) is 0 Å². The summed E-state index contributed by atoms with van der Waals surface area (Å²) in [5.74, 6) is 7.52. The first kappa shape index (κ1) is 13.8. The molecule has 0 fully saturated rings. The van der Waals surface area contributed by atoms with Gasteiger partial charge in [0.1, 0.15) is 11.5 Å². The lowest BCUT2D eigenvalue weighted by atomic mass is 10.1. The van der Waals surface area contributed by atoms with E-state index < -0.39 is 0 Å². The second-order valence-electron chi connectivity index (χ2n) is 4.67. The molecule has 2 rings (SSSR count). The van der Waals surface area contributed by atoms with Crippen LogP contribution in [0.5, 0.6) is 0 Å². The second-order valence-corrected chi connectivity index (χ2v) is 4.67. The van der Waals surface area contributed by atoms with Crippen LogP contribution in [0.25, 0.3) is 0 Å². The van der Waals surface area contributed by atoms with Crippen molar-refractivity contribution < 1.29 is 4.42 Å². The minimum absolute atomic E-state index is 0.0262. The van der Waals surface area contributed by atoms with Crippen LogP contribution >= 0.6 is 0 Å². The van der Waals surface area contributed by atoms with Crippen molar-refractivity contribution in [2.75, 3.05) is 0 Å². The van der Waals surface area contributed by atoms with Gasteiger partial charge in [-0.15, -0.1) is 0 Å². The van der Waals surface area contributed by atoms with Crippen LogP contribution < -0.4 is 11.3 Å². The van der Waals surface area contributed by atoms with Gasteiger partial charge < -0.3 is 4.42 Å². The van der Waals surface area contributed by atoms with Crippen LogP contribution in [0, 0.1) is 6.92 Å². The molecule has 0 aromatic carbocycles. The zero-order valence-corrected chi connectivity index (χ0v) is 11.8. The van der Waals surface area contributed by atoms with E-state index in [9.17, 15) is 0 Å². The monoisotopic (exact) mass is 262 g/mol. The lowest BCUT2D eigenvalue weighted by Gasteiger charge is -2.14. The summed E-state index contributed by atoms with van der Waals surface area (Å²) in [6, 6.07) is 6.06. The molecule has 0 aliphatic heterocycles. The van der Waals surface area contributed by atoms with Gasteiger partial charge in [-0.2, -0.15) is 5.10 Å². The molecule has 0 aliphatic rings. The topological polar surface area (TPSA) is 69.0 Å². The van der Waals surface area contributed by atoms with E-state index in [4.69, 9.17) is 10.3 Å². The van der Waals surface area contributed by atoms with Gasteiger partial charge in [-0.3, -0.25) is 10.5 Å². The highest BCUT2D eigenvalue weighted by atomic mass is 16.3.